The first-order valence-corrected chi connectivity index (χ1v) is 9.48. The van der Waals surface area contributed by atoms with Gasteiger partial charge in [0.2, 0.25) is 10.0 Å². The van der Waals surface area contributed by atoms with Crippen molar-refractivity contribution in [1.82, 2.24) is 9.62 Å². The van der Waals surface area contributed by atoms with Gasteiger partial charge < -0.3 is 14.4 Å². The quantitative estimate of drug-likeness (QED) is 0.727. The monoisotopic (exact) mass is 370 g/mol. The predicted molar refractivity (Wildman–Crippen MR) is 89.6 cm³/mol. The first kappa shape index (κ1) is 19.4. The molecule has 1 unspecified atom stereocenters. The van der Waals surface area contributed by atoms with Gasteiger partial charge in [-0.25, -0.2) is 17.9 Å². The lowest BCUT2D eigenvalue weighted by molar-refractivity contribution is -0.141. The Labute approximate surface area is 147 Å². The molecule has 0 aromatic heterocycles. The Balaban J connectivity index is 1.98. The van der Waals surface area contributed by atoms with Crippen molar-refractivity contribution < 1.29 is 27.5 Å². The number of hydrogen-bond donors (Lipinski definition) is 1. The van der Waals surface area contributed by atoms with Crippen molar-refractivity contribution in [3.8, 4) is 0 Å². The number of rotatable bonds is 6. The van der Waals surface area contributed by atoms with Crippen LogP contribution in [0, 0.1) is 0 Å². The molecule has 0 radical (unpaired) electrons. The summed E-state index contributed by atoms with van der Waals surface area (Å²) in [6.45, 7) is 4.73. The average Bonchev–Trinajstić information content (AvgIpc) is 2.59. The molecule has 1 fully saturated rings. The second kappa shape index (κ2) is 8.41. The van der Waals surface area contributed by atoms with Gasteiger partial charge in [0.25, 0.3) is 5.91 Å². The third kappa shape index (κ3) is 5.25. The fourth-order valence-electron chi connectivity index (χ4n) is 2.41. The normalized spacial score (nSPS) is 18.0. The van der Waals surface area contributed by atoms with Gasteiger partial charge in [0.15, 0.2) is 6.61 Å². The number of nitrogens with one attached hydrogen (secondary N) is 1. The zero-order valence-electron chi connectivity index (χ0n) is 14.2. The topological polar surface area (TPSA) is 102 Å². The van der Waals surface area contributed by atoms with Crippen molar-refractivity contribution in [3.05, 3.63) is 29.8 Å². The average molecular weight is 370 g/mol. The van der Waals surface area contributed by atoms with Crippen LogP contribution >= 0.6 is 0 Å². The van der Waals surface area contributed by atoms with Gasteiger partial charge in [-0.2, -0.15) is 0 Å². The summed E-state index contributed by atoms with van der Waals surface area (Å²) in [7, 11) is -3.67. The van der Waals surface area contributed by atoms with Crippen LogP contribution in [0.4, 0.5) is 0 Å². The lowest BCUT2D eigenvalue weighted by Crippen LogP contribution is -2.46. The molecule has 1 aromatic carbocycles. The van der Waals surface area contributed by atoms with Crippen LogP contribution in [0.1, 0.15) is 24.2 Å². The number of ether oxygens (including phenoxy) is 2. The third-order valence-corrected chi connectivity index (χ3v) is 5.18. The maximum atomic E-state index is 12.1. The fourth-order valence-corrected chi connectivity index (χ4v) is 3.50. The van der Waals surface area contributed by atoms with E-state index >= 15 is 0 Å². The summed E-state index contributed by atoms with van der Waals surface area (Å²) in [5.41, 5.74) is 0.0714. The molecule has 1 heterocycles. The Bertz CT molecular complexity index is 734. The van der Waals surface area contributed by atoms with Gasteiger partial charge >= 0.3 is 5.97 Å². The van der Waals surface area contributed by atoms with Crippen LogP contribution < -0.4 is 4.72 Å². The predicted octanol–water partition coefficient (Wildman–Crippen LogP) is 0.389. The van der Waals surface area contributed by atoms with Crippen molar-refractivity contribution >= 4 is 21.9 Å². The van der Waals surface area contributed by atoms with Crippen LogP contribution in [0.5, 0.6) is 0 Å². The lowest BCUT2D eigenvalue weighted by Gasteiger charge is -2.30. The van der Waals surface area contributed by atoms with Crippen molar-refractivity contribution in [2.45, 2.75) is 24.8 Å². The molecular formula is C16H22N2O6S. The highest BCUT2D eigenvalue weighted by molar-refractivity contribution is 7.89. The molecule has 1 aliphatic heterocycles. The molecular weight excluding hydrogens is 348 g/mol. The number of carbonyl (C=O) groups is 2. The molecule has 8 nitrogen and oxygen atoms in total. The summed E-state index contributed by atoms with van der Waals surface area (Å²) in [5, 5.41) is 0. The van der Waals surface area contributed by atoms with E-state index in [2.05, 4.69) is 4.72 Å². The summed E-state index contributed by atoms with van der Waals surface area (Å²) >= 11 is 0. The summed E-state index contributed by atoms with van der Waals surface area (Å²) in [4.78, 5) is 25.7. The standard InChI is InChI=1S/C16H22N2O6S/c1-3-17-25(21,22)14-6-4-5-13(9-14)16(20)24-11-15(19)18-7-8-23-12(2)10-18/h4-6,9,12,17H,3,7-8,10-11H2,1-2H3. The zero-order valence-corrected chi connectivity index (χ0v) is 15.0. The summed E-state index contributed by atoms with van der Waals surface area (Å²) in [5.74, 6) is -1.05. The summed E-state index contributed by atoms with van der Waals surface area (Å²) < 4.78 is 36.7. The van der Waals surface area contributed by atoms with E-state index in [0.29, 0.717) is 19.7 Å². The van der Waals surface area contributed by atoms with Crippen molar-refractivity contribution in [2.75, 3.05) is 32.8 Å². The van der Waals surface area contributed by atoms with Crippen LogP contribution in [0.25, 0.3) is 0 Å². The Morgan fingerprint density at radius 2 is 2.16 bits per heavy atom. The number of carbonyl (C=O) groups excluding carboxylic acids is 2. The van der Waals surface area contributed by atoms with E-state index in [4.69, 9.17) is 9.47 Å². The fraction of sp³-hybridized carbons (Fsp3) is 0.500. The van der Waals surface area contributed by atoms with Crippen LogP contribution in [-0.2, 0) is 24.3 Å². The Morgan fingerprint density at radius 1 is 1.40 bits per heavy atom. The Hall–Kier alpha value is -1.97. The SMILES string of the molecule is CCNS(=O)(=O)c1cccc(C(=O)OCC(=O)N2CCOC(C)C2)c1. The van der Waals surface area contributed by atoms with Gasteiger partial charge in [0.05, 0.1) is 23.2 Å². The highest BCUT2D eigenvalue weighted by Crippen LogP contribution is 2.13. The number of nitrogens with zero attached hydrogens (tertiary/aromatic N) is 1. The number of hydrogen-bond acceptors (Lipinski definition) is 6. The summed E-state index contributed by atoms with van der Waals surface area (Å²) in [6.07, 6.45) is -0.0543. The van der Waals surface area contributed by atoms with Gasteiger partial charge in [-0.3, -0.25) is 4.79 Å². The molecule has 0 spiro atoms. The molecule has 1 N–H and O–H groups in total. The maximum Gasteiger partial charge on any atom is 0.338 e. The van der Waals surface area contributed by atoms with Crippen LogP contribution in [0.2, 0.25) is 0 Å². The minimum Gasteiger partial charge on any atom is -0.452 e. The van der Waals surface area contributed by atoms with Crippen LogP contribution in [0.15, 0.2) is 29.2 Å². The van der Waals surface area contributed by atoms with E-state index < -0.39 is 22.6 Å². The van der Waals surface area contributed by atoms with Crippen molar-refractivity contribution in [1.29, 1.82) is 0 Å². The molecule has 1 aromatic rings. The van der Waals surface area contributed by atoms with Crippen LogP contribution in [0.3, 0.4) is 0 Å². The first-order valence-electron chi connectivity index (χ1n) is 7.99. The van der Waals surface area contributed by atoms with E-state index in [0.717, 1.165) is 0 Å². The van der Waals surface area contributed by atoms with Gasteiger partial charge in [-0.15, -0.1) is 0 Å². The lowest BCUT2D eigenvalue weighted by atomic mass is 10.2. The highest BCUT2D eigenvalue weighted by atomic mass is 32.2. The molecule has 0 bridgehead atoms. The molecule has 138 valence electrons. The van der Waals surface area contributed by atoms with Gasteiger partial charge in [0.1, 0.15) is 0 Å². The minimum atomic E-state index is -3.67. The second-order valence-electron chi connectivity index (χ2n) is 5.63. The molecule has 0 aliphatic carbocycles. The highest BCUT2D eigenvalue weighted by Gasteiger charge is 2.23. The van der Waals surface area contributed by atoms with Gasteiger partial charge in [-0.1, -0.05) is 13.0 Å². The number of amides is 1. The molecule has 2 rings (SSSR count). The molecule has 9 heteroatoms. The van der Waals surface area contributed by atoms with E-state index in [9.17, 15) is 18.0 Å². The maximum absolute atomic E-state index is 12.1. The van der Waals surface area contributed by atoms with Crippen LogP contribution in [-0.4, -0.2) is 64.1 Å². The first-order chi connectivity index (χ1) is 11.8. The van der Waals surface area contributed by atoms with Gasteiger partial charge in [0, 0.05) is 19.6 Å². The minimum absolute atomic E-state index is 0.0304. The Kier molecular flexibility index (Phi) is 6.51. The number of esters is 1. The van der Waals surface area contributed by atoms with Crippen molar-refractivity contribution in [2.24, 2.45) is 0 Å². The van der Waals surface area contributed by atoms with E-state index in [1.807, 2.05) is 6.92 Å². The van der Waals surface area contributed by atoms with Gasteiger partial charge in [-0.05, 0) is 25.1 Å². The second-order valence-corrected chi connectivity index (χ2v) is 7.39. The summed E-state index contributed by atoms with van der Waals surface area (Å²) in [6, 6.07) is 5.50. The van der Waals surface area contributed by atoms with E-state index in [-0.39, 0.29) is 29.0 Å². The molecule has 1 atom stereocenters. The molecule has 25 heavy (non-hydrogen) atoms. The largest absolute Gasteiger partial charge is 0.452 e. The van der Waals surface area contributed by atoms with Crippen molar-refractivity contribution in [3.63, 3.8) is 0 Å². The zero-order chi connectivity index (χ0) is 18.4. The Morgan fingerprint density at radius 3 is 2.84 bits per heavy atom. The number of benzene rings is 1. The number of morpholine rings is 1. The van der Waals surface area contributed by atoms with E-state index in [1.165, 1.54) is 24.3 Å². The molecule has 1 amide bonds. The molecule has 0 saturated carbocycles. The molecule has 1 aliphatic rings. The van der Waals surface area contributed by atoms with E-state index in [1.54, 1.807) is 11.8 Å². The number of sulfonamides is 1. The third-order valence-electron chi connectivity index (χ3n) is 3.63. The molecule has 1 saturated heterocycles. The smallest absolute Gasteiger partial charge is 0.338 e.